The average molecular weight is 313 g/mol. The van der Waals surface area contributed by atoms with Crippen LogP contribution in [0.3, 0.4) is 0 Å². The van der Waals surface area contributed by atoms with E-state index in [0.29, 0.717) is 18.9 Å². The number of carbonyl (C=O) groups is 1. The number of fused-ring (bicyclic) bond motifs is 1. The van der Waals surface area contributed by atoms with Gasteiger partial charge in [0, 0.05) is 19.2 Å². The maximum Gasteiger partial charge on any atom is 0.225 e. The molecule has 120 valence electrons. The van der Waals surface area contributed by atoms with E-state index in [2.05, 4.69) is 31.2 Å². The van der Waals surface area contributed by atoms with Gasteiger partial charge < -0.3 is 21.7 Å². The molecule has 1 aromatic carbocycles. The monoisotopic (exact) mass is 313 g/mol. The number of nitrogens with one attached hydrogen (secondary N) is 1. The van der Waals surface area contributed by atoms with Crippen LogP contribution in [0, 0.1) is 0 Å². The zero-order valence-electron chi connectivity index (χ0n) is 12.9. The van der Waals surface area contributed by atoms with Crippen molar-refractivity contribution in [3.63, 3.8) is 0 Å². The Morgan fingerprint density at radius 3 is 2.65 bits per heavy atom. The quantitative estimate of drug-likeness (QED) is 0.734. The normalized spacial score (nSPS) is 16.7. The number of nitrogens with zero attached hydrogens (tertiary/aromatic N) is 4. The lowest BCUT2D eigenvalue weighted by Crippen LogP contribution is -2.47. The number of rotatable bonds is 3. The molecule has 1 aliphatic rings. The third-order valence-corrected chi connectivity index (χ3v) is 3.70. The summed E-state index contributed by atoms with van der Waals surface area (Å²) in [6.07, 6.45) is 0.799. The molecular formula is C15H19N7O. The highest BCUT2D eigenvalue weighted by molar-refractivity contribution is 5.73. The second kappa shape index (κ2) is 6.07. The van der Waals surface area contributed by atoms with Gasteiger partial charge in [-0.25, -0.2) is 0 Å². The van der Waals surface area contributed by atoms with Gasteiger partial charge in [-0.1, -0.05) is 18.2 Å². The maximum atomic E-state index is 11.4. The smallest absolute Gasteiger partial charge is 0.225 e. The summed E-state index contributed by atoms with van der Waals surface area (Å²) in [5, 5.41) is 2.98. The maximum absolute atomic E-state index is 11.4. The molecule has 0 saturated carbocycles. The van der Waals surface area contributed by atoms with Gasteiger partial charge in [0.2, 0.25) is 17.8 Å². The van der Waals surface area contributed by atoms with Crippen molar-refractivity contribution in [3.8, 4) is 0 Å². The topological polar surface area (TPSA) is 123 Å². The zero-order chi connectivity index (χ0) is 16.4. The molecular weight excluding hydrogens is 294 g/mol. The fourth-order valence-electron chi connectivity index (χ4n) is 2.92. The number of para-hydroxylation sites is 1. The molecule has 0 bridgehead atoms. The summed E-state index contributed by atoms with van der Waals surface area (Å²) in [4.78, 5) is 25.6. The van der Waals surface area contributed by atoms with Crippen LogP contribution in [0.5, 0.6) is 0 Å². The van der Waals surface area contributed by atoms with Gasteiger partial charge in [-0.15, -0.1) is 0 Å². The summed E-state index contributed by atoms with van der Waals surface area (Å²) in [6.45, 7) is 2.64. The molecule has 0 fully saturated rings. The molecule has 0 radical (unpaired) electrons. The van der Waals surface area contributed by atoms with Crippen LogP contribution in [0.15, 0.2) is 24.3 Å². The molecule has 0 spiro atoms. The van der Waals surface area contributed by atoms with Gasteiger partial charge in [-0.05, 0) is 18.1 Å². The third-order valence-electron chi connectivity index (χ3n) is 3.70. The van der Waals surface area contributed by atoms with Crippen molar-refractivity contribution in [2.45, 2.75) is 25.9 Å². The van der Waals surface area contributed by atoms with E-state index in [1.165, 1.54) is 12.5 Å². The molecule has 0 aliphatic carbocycles. The van der Waals surface area contributed by atoms with Gasteiger partial charge in [0.15, 0.2) is 5.82 Å². The highest BCUT2D eigenvalue weighted by Gasteiger charge is 2.25. The first-order valence-electron chi connectivity index (χ1n) is 7.37. The van der Waals surface area contributed by atoms with Crippen molar-refractivity contribution < 1.29 is 4.79 Å². The molecule has 8 nitrogen and oxygen atoms in total. The van der Waals surface area contributed by atoms with Crippen LogP contribution >= 0.6 is 0 Å². The Labute approximate surface area is 133 Å². The Morgan fingerprint density at radius 2 is 1.96 bits per heavy atom. The molecule has 1 amide bonds. The number of nitrogen functional groups attached to an aromatic ring is 2. The van der Waals surface area contributed by atoms with Crippen molar-refractivity contribution in [3.05, 3.63) is 35.7 Å². The zero-order valence-corrected chi connectivity index (χ0v) is 12.9. The first kappa shape index (κ1) is 15.0. The standard InChI is InChI=1S/C15H19N7O/c1-9(23)18-11-6-10-4-2-3-5-12(10)22(7-11)8-13-19-14(16)21-15(17)20-13/h2-5,11H,6-8H2,1H3,(H,18,23)(H4,16,17,19,20,21). The lowest BCUT2D eigenvalue weighted by atomic mass is 9.97. The Kier molecular flexibility index (Phi) is 3.96. The van der Waals surface area contributed by atoms with Crippen LogP contribution in [0.1, 0.15) is 18.3 Å². The predicted octanol–water partition coefficient (Wildman–Crippen LogP) is 0.103. The van der Waals surface area contributed by atoms with E-state index in [4.69, 9.17) is 11.5 Å². The van der Waals surface area contributed by atoms with Gasteiger partial charge in [0.05, 0.1) is 12.6 Å². The van der Waals surface area contributed by atoms with Crippen molar-refractivity contribution >= 4 is 23.5 Å². The van der Waals surface area contributed by atoms with Gasteiger partial charge >= 0.3 is 0 Å². The van der Waals surface area contributed by atoms with E-state index in [1.54, 1.807) is 0 Å². The first-order valence-corrected chi connectivity index (χ1v) is 7.37. The van der Waals surface area contributed by atoms with Crippen LogP contribution in [0.25, 0.3) is 0 Å². The SMILES string of the molecule is CC(=O)NC1Cc2ccccc2N(Cc2nc(N)nc(N)n2)C1. The molecule has 1 atom stereocenters. The van der Waals surface area contributed by atoms with Crippen LogP contribution < -0.4 is 21.7 Å². The van der Waals surface area contributed by atoms with Gasteiger partial charge in [-0.3, -0.25) is 4.79 Å². The Hall–Kier alpha value is -2.90. The summed E-state index contributed by atoms with van der Waals surface area (Å²) in [5.41, 5.74) is 13.5. The summed E-state index contributed by atoms with van der Waals surface area (Å²) in [7, 11) is 0. The van der Waals surface area contributed by atoms with Gasteiger partial charge in [0.25, 0.3) is 0 Å². The predicted molar refractivity (Wildman–Crippen MR) is 87.5 cm³/mol. The van der Waals surface area contributed by atoms with E-state index >= 15 is 0 Å². The van der Waals surface area contributed by atoms with Gasteiger partial charge in [0.1, 0.15) is 0 Å². The second-order valence-corrected chi connectivity index (χ2v) is 5.58. The largest absolute Gasteiger partial charge is 0.368 e. The van der Waals surface area contributed by atoms with Crippen LogP contribution in [0.2, 0.25) is 0 Å². The molecule has 2 aromatic rings. The van der Waals surface area contributed by atoms with E-state index < -0.39 is 0 Å². The molecule has 1 aliphatic heterocycles. The molecule has 1 aromatic heterocycles. The molecule has 1 unspecified atom stereocenters. The molecule has 2 heterocycles. The van der Waals surface area contributed by atoms with Crippen LogP contribution in [-0.4, -0.2) is 33.4 Å². The van der Waals surface area contributed by atoms with Crippen molar-refractivity contribution in [1.29, 1.82) is 0 Å². The molecule has 0 saturated heterocycles. The first-order chi connectivity index (χ1) is 11.0. The summed E-state index contributed by atoms with van der Waals surface area (Å²) < 4.78 is 0. The van der Waals surface area contributed by atoms with Crippen LogP contribution in [0.4, 0.5) is 17.6 Å². The Bertz CT molecular complexity index is 713. The molecule has 23 heavy (non-hydrogen) atoms. The molecule has 8 heteroatoms. The average Bonchev–Trinajstić information content (AvgIpc) is 2.45. The molecule has 3 rings (SSSR count). The molecule has 5 N–H and O–H groups in total. The van der Waals surface area contributed by atoms with E-state index in [1.807, 2.05) is 18.2 Å². The third kappa shape index (κ3) is 3.47. The van der Waals surface area contributed by atoms with Crippen molar-refractivity contribution in [2.24, 2.45) is 0 Å². The minimum atomic E-state index is -0.0389. The van der Waals surface area contributed by atoms with Crippen LogP contribution in [-0.2, 0) is 17.8 Å². The number of benzene rings is 1. The Morgan fingerprint density at radius 1 is 1.26 bits per heavy atom. The van der Waals surface area contributed by atoms with Crippen molar-refractivity contribution in [1.82, 2.24) is 20.3 Å². The number of hydrogen-bond donors (Lipinski definition) is 3. The fraction of sp³-hybridized carbons (Fsp3) is 0.333. The highest BCUT2D eigenvalue weighted by Crippen LogP contribution is 2.28. The summed E-state index contributed by atoms with van der Waals surface area (Å²) in [5.74, 6) is 0.684. The second-order valence-electron chi connectivity index (χ2n) is 5.58. The number of nitrogens with two attached hydrogens (primary N) is 2. The highest BCUT2D eigenvalue weighted by atomic mass is 16.1. The number of amides is 1. The summed E-state index contributed by atoms with van der Waals surface area (Å²) >= 11 is 0. The van der Waals surface area contributed by atoms with Gasteiger partial charge in [-0.2, -0.15) is 15.0 Å². The fourth-order valence-corrected chi connectivity index (χ4v) is 2.92. The minimum Gasteiger partial charge on any atom is -0.368 e. The lowest BCUT2D eigenvalue weighted by Gasteiger charge is -2.36. The van der Waals surface area contributed by atoms with E-state index in [9.17, 15) is 4.79 Å². The Balaban J connectivity index is 1.88. The van der Waals surface area contributed by atoms with Crippen molar-refractivity contribution in [2.75, 3.05) is 22.9 Å². The minimum absolute atomic E-state index is 0.0389. The number of carbonyl (C=O) groups excluding carboxylic acids is 1. The van der Waals surface area contributed by atoms with E-state index in [-0.39, 0.29) is 23.8 Å². The lowest BCUT2D eigenvalue weighted by molar-refractivity contribution is -0.119. The van der Waals surface area contributed by atoms with E-state index in [0.717, 1.165) is 12.1 Å². The number of aromatic nitrogens is 3. The number of anilines is 3. The number of hydrogen-bond acceptors (Lipinski definition) is 7. The summed E-state index contributed by atoms with van der Waals surface area (Å²) in [6, 6.07) is 8.13.